The number of sulfone groups is 1. The number of ether oxygens (including phenoxy) is 1. The molecule has 32 heavy (non-hydrogen) atoms. The fourth-order valence-electron chi connectivity index (χ4n) is 2.63. The van der Waals surface area contributed by atoms with E-state index in [1.807, 2.05) is 6.92 Å². The van der Waals surface area contributed by atoms with Gasteiger partial charge in [0, 0.05) is 10.7 Å². The molecule has 1 aromatic heterocycles. The van der Waals surface area contributed by atoms with Gasteiger partial charge in [-0.05, 0) is 55.8 Å². The molecular weight excluding hydrogens is 474 g/mol. The molecule has 0 spiro atoms. The van der Waals surface area contributed by atoms with Crippen LogP contribution >= 0.6 is 23.4 Å². The van der Waals surface area contributed by atoms with Crippen molar-refractivity contribution in [1.82, 2.24) is 9.97 Å². The van der Waals surface area contributed by atoms with Crippen LogP contribution in [0.4, 0.5) is 5.69 Å². The minimum absolute atomic E-state index is 0.0319. The van der Waals surface area contributed by atoms with Crippen molar-refractivity contribution in [2.45, 2.75) is 28.8 Å². The maximum Gasteiger partial charge on any atom is 0.270 e. The van der Waals surface area contributed by atoms with E-state index in [1.54, 1.807) is 37.3 Å². The summed E-state index contributed by atoms with van der Waals surface area (Å²) in [5.41, 5.74) is 0.484. The number of amides is 1. The number of H-pyrrole nitrogens is 1. The molecule has 2 aromatic carbocycles. The first-order chi connectivity index (χ1) is 15.2. The minimum Gasteiger partial charge on any atom is -0.494 e. The number of benzene rings is 2. The van der Waals surface area contributed by atoms with Crippen LogP contribution in [0.15, 0.2) is 68.4 Å². The van der Waals surface area contributed by atoms with Crippen molar-refractivity contribution in [2.24, 2.45) is 0 Å². The Labute approximate surface area is 194 Å². The maximum atomic E-state index is 12.8. The van der Waals surface area contributed by atoms with E-state index >= 15 is 0 Å². The van der Waals surface area contributed by atoms with Crippen LogP contribution in [0.25, 0.3) is 0 Å². The van der Waals surface area contributed by atoms with Gasteiger partial charge in [0.15, 0.2) is 10.1 Å². The summed E-state index contributed by atoms with van der Waals surface area (Å²) in [6, 6.07) is 11.1. The number of anilines is 1. The Bertz CT molecular complexity index is 1290. The van der Waals surface area contributed by atoms with Crippen molar-refractivity contribution in [2.75, 3.05) is 17.7 Å². The number of aromatic nitrogens is 2. The zero-order valence-electron chi connectivity index (χ0n) is 17.2. The number of hydrogen-bond donors (Lipinski definition) is 2. The zero-order chi connectivity index (χ0) is 23.3. The van der Waals surface area contributed by atoms with Gasteiger partial charge in [-0.3, -0.25) is 9.59 Å². The second-order valence-corrected chi connectivity index (χ2v) is 9.88. The van der Waals surface area contributed by atoms with E-state index in [9.17, 15) is 18.0 Å². The first-order valence-corrected chi connectivity index (χ1v) is 12.3. The number of carbonyl (C=O) groups is 1. The fraction of sp³-hybridized carbons (Fsp3) is 0.190. The molecular formula is C21H20ClN3O5S2. The van der Waals surface area contributed by atoms with Gasteiger partial charge in [-0.2, -0.15) is 0 Å². The van der Waals surface area contributed by atoms with Crippen molar-refractivity contribution >= 4 is 44.8 Å². The zero-order valence-corrected chi connectivity index (χ0v) is 19.6. The Morgan fingerprint density at radius 1 is 1.22 bits per heavy atom. The molecule has 0 unspecified atom stereocenters. The van der Waals surface area contributed by atoms with Crippen LogP contribution in [0.3, 0.4) is 0 Å². The van der Waals surface area contributed by atoms with Crippen molar-refractivity contribution < 1.29 is 17.9 Å². The molecule has 11 heteroatoms. The van der Waals surface area contributed by atoms with Crippen LogP contribution in [-0.2, 0) is 14.6 Å². The van der Waals surface area contributed by atoms with E-state index < -0.39 is 20.3 Å². The topological polar surface area (TPSA) is 118 Å². The number of carbonyl (C=O) groups excluding carboxylic acids is 1. The van der Waals surface area contributed by atoms with Gasteiger partial charge in [-0.15, -0.1) is 0 Å². The van der Waals surface area contributed by atoms with Gasteiger partial charge in [-0.1, -0.05) is 29.4 Å². The highest BCUT2D eigenvalue weighted by Crippen LogP contribution is 2.24. The second-order valence-electron chi connectivity index (χ2n) is 6.59. The number of aryl methyl sites for hydroxylation is 1. The average molecular weight is 494 g/mol. The van der Waals surface area contributed by atoms with E-state index in [1.165, 1.54) is 12.1 Å². The van der Waals surface area contributed by atoms with Gasteiger partial charge in [0.2, 0.25) is 15.7 Å². The molecule has 0 radical (unpaired) electrons. The number of nitrogens with one attached hydrogen (secondary N) is 2. The Kier molecular flexibility index (Phi) is 7.60. The SMILES string of the molecule is CCOc1ccc(NC(=O)CSc2ncc(S(=O)(=O)c3ccc(C)c(Cl)c3)c(=O)[nH]2)cc1. The number of aromatic amines is 1. The lowest BCUT2D eigenvalue weighted by atomic mass is 10.2. The molecule has 0 aliphatic rings. The van der Waals surface area contributed by atoms with E-state index in [-0.39, 0.29) is 26.7 Å². The highest BCUT2D eigenvalue weighted by Gasteiger charge is 2.23. The molecule has 168 valence electrons. The number of rotatable bonds is 8. The van der Waals surface area contributed by atoms with Crippen molar-refractivity contribution in [3.63, 3.8) is 0 Å². The normalized spacial score (nSPS) is 11.2. The smallest absolute Gasteiger partial charge is 0.270 e. The van der Waals surface area contributed by atoms with Crippen LogP contribution in [0.1, 0.15) is 12.5 Å². The third kappa shape index (κ3) is 5.70. The summed E-state index contributed by atoms with van der Waals surface area (Å²) in [6.07, 6.45) is 0.981. The highest BCUT2D eigenvalue weighted by molar-refractivity contribution is 7.99. The molecule has 8 nitrogen and oxygen atoms in total. The van der Waals surface area contributed by atoms with E-state index in [0.717, 1.165) is 18.0 Å². The molecule has 1 heterocycles. The summed E-state index contributed by atoms with van der Waals surface area (Å²) >= 11 is 6.98. The van der Waals surface area contributed by atoms with Gasteiger partial charge in [-0.25, -0.2) is 13.4 Å². The molecule has 0 aliphatic heterocycles. The standard InChI is InChI=1S/C21H20ClN3O5S2/c1-3-30-15-7-5-14(6-8-15)24-19(26)12-31-21-23-11-18(20(27)25-21)32(28,29)16-9-4-13(2)17(22)10-16/h4-11H,3,12H2,1-2H3,(H,24,26)(H,23,25,27). The quantitative estimate of drug-likeness (QED) is 0.363. The molecule has 0 saturated carbocycles. The molecule has 2 N–H and O–H groups in total. The third-order valence-electron chi connectivity index (χ3n) is 4.28. The molecule has 1 amide bonds. The highest BCUT2D eigenvalue weighted by atomic mass is 35.5. The first kappa shape index (κ1) is 23.8. The lowest BCUT2D eigenvalue weighted by Crippen LogP contribution is -2.20. The molecule has 3 aromatic rings. The Balaban J connectivity index is 1.66. The Morgan fingerprint density at radius 2 is 1.94 bits per heavy atom. The van der Waals surface area contributed by atoms with Crippen molar-refractivity contribution in [3.8, 4) is 5.75 Å². The summed E-state index contributed by atoms with van der Waals surface area (Å²) < 4.78 is 30.9. The van der Waals surface area contributed by atoms with Crippen LogP contribution in [-0.4, -0.2) is 36.7 Å². The summed E-state index contributed by atoms with van der Waals surface area (Å²) in [5, 5.41) is 3.12. The number of hydrogen-bond acceptors (Lipinski definition) is 7. The van der Waals surface area contributed by atoms with Gasteiger partial charge >= 0.3 is 0 Å². The Morgan fingerprint density at radius 3 is 2.56 bits per heavy atom. The van der Waals surface area contributed by atoms with E-state index in [0.29, 0.717) is 23.6 Å². The number of thioether (sulfide) groups is 1. The molecule has 0 fully saturated rings. The lowest BCUT2D eigenvalue weighted by Gasteiger charge is -2.08. The van der Waals surface area contributed by atoms with Gasteiger partial charge in [0.25, 0.3) is 5.56 Å². The van der Waals surface area contributed by atoms with Crippen LogP contribution in [0.2, 0.25) is 5.02 Å². The minimum atomic E-state index is -4.09. The van der Waals surface area contributed by atoms with Gasteiger partial charge in [0.05, 0.1) is 23.5 Å². The first-order valence-electron chi connectivity index (χ1n) is 9.46. The van der Waals surface area contributed by atoms with Gasteiger partial charge < -0.3 is 15.0 Å². The predicted molar refractivity (Wildman–Crippen MR) is 123 cm³/mol. The molecule has 3 rings (SSSR count). The summed E-state index contributed by atoms with van der Waals surface area (Å²) in [5.74, 6) is 0.355. The summed E-state index contributed by atoms with van der Waals surface area (Å²) in [7, 11) is -4.09. The van der Waals surface area contributed by atoms with Crippen LogP contribution in [0.5, 0.6) is 5.75 Å². The largest absolute Gasteiger partial charge is 0.494 e. The summed E-state index contributed by atoms with van der Waals surface area (Å²) in [4.78, 5) is 30.3. The molecule has 0 bridgehead atoms. The van der Waals surface area contributed by atoms with Crippen molar-refractivity contribution in [1.29, 1.82) is 0 Å². The summed E-state index contributed by atoms with van der Waals surface area (Å²) in [6.45, 7) is 4.17. The van der Waals surface area contributed by atoms with Crippen LogP contribution < -0.4 is 15.6 Å². The number of nitrogens with zero attached hydrogens (tertiary/aromatic N) is 1. The fourth-order valence-corrected chi connectivity index (χ4v) is 4.77. The molecule has 0 saturated heterocycles. The maximum absolute atomic E-state index is 12.8. The predicted octanol–water partition coefficient (Wildman–Crippen LogP) is 3.69. The van der Waals surface area contributed by atoms with Crippen LogP contribution in [0, 0.1) is 6.92 Å². The van der Waals surface area contributed by atoms with E-state index in [2.05, 4.69) is 15.3 Å². The van der Waals surface area contributed by atoms with Gasteiger partial charge in [0.1, 0.15) is 5.75 Å². The average Bonchev–Trinajstić information content (AvgIpc) is 2.75. The second kappa shape index (κ2) is 10.2. The monoisotopic (exact) mass is 493 g/mol. The van der Waals surface area contributed by atoms with Crippen molar-refractivity contribution in [3.05, 3.63) is 69.6 Å². The Hall–Kier alpha value is -2.82. The van der Waals surface area contributed by atoms with E-state index in [4.69, 9.17) is 16.3 Å². The number of halogens is 1. The third-order valence-corrected chi connectivity index (χ3v) is 7.31. The molecule has 0 atom stereocenters. The molecule has 0 aliphatic carbocycles. The lowest BCUT2D eigenvalue weighted by molar-refractivity contribution is -0.113.